The van der Waals surface area contributed by atoms with E-state index >= 15 is 0 Å². The van der Waals surface area contributed by atoms with E-state index in [1.54, 1.807) is 0 Å². The lowest BCUT2D eigenvalue weighted by molar-refractivity contribution is 0.304. The SMILES string of the molecule is CC#Cc1ccccc1OCc1ccccc1I. The van der Waals surface area contributed by atoms with Crippen LogP contribution in [0.1, 0.15) is 18.1 Å². The molecular weight excluding hydrogens is 335 g/mol. The molecule has 18 heavy (non-hydrogen) atoms. The third-order valence-electron chi connectivity index (χ3n) is 2.49. The molecule has 0 aliphatic heterocycles. The lowest BCUT2D eigenvalue weighted by atomic mass is 10.2. The van der Waals surface area contributed by atoms with Gasteiger partial charge in [0.25, 0.3) is 0 Å². The first-order valence-corrected chi connectivity index (χ1v) is 6.77. The molecule has 0 unspecified atom stereocenters. The zero-order chi connectivity index (χ0) is 12.8. The molecule has 1 nitrogen and oxygen atoms in total. The average Bonchev–Trinajstić information content (AvgIpc) is 2.40. The highest BCUT2D eigenvalue weighted by Crippen LogP contribution is 2.20. The van der Waals surface area contributed by atoms with E-state index in [0.717, 1.165) is 11.3 Å². The molecule has 0 heterocycles. The quantitative estimate of drug-likeness (QED) is 0.596. The van der Waals surface area contributed by atoms with Crippen LogP contribution >= 0.6 is 22.6 Å². The summed E-state index contributed by atoms with van der Waals surface area (Å²) in [5.41, 5.74) is 2.13. The van der Waals surface area contributed by atoms with E-state index in [0.29, 0.717) is 6.61 Å². The van der Waals surface area contributed by atoms with E-state index in [4.69, 9.17) is 4.74 Å². The molecular formula is C16H13IO. The Morgan fingerprint density at radius 3 is 2.56 bits per heavy atom. The van der Waals surface area contributed by atoms with Crippen molar-refractivity contribution in [1.29, 1.82) is 0 Å². The van der Waals surface area contributed by atoms with Crippen LogP contribution in [0.4, 0.5) is 0 Å². The molecule has 0 saturated heterocycles. The molecule has 2 aromatic carbocycles. The van der Waals surface area contributed by atoms with Gasteiger partial charge in [0, 0.05) is 9.13 Å². The van der Waals surface area contributed by atoms with Crippen molar-refractivity contribution < 1.29 is 4.74 Å². The van der Waals surface area contributed by atoms with Crippen molar-refractivity contribution >= 4 is 22.6 Å². The number of ether oxygens (including phenoxy) is 1. The van der Waals surface area contributed by atoms with E-state index in [-0.39, 0.29) is 0 Å². The molecule has 2 heteroatoms. The Hall–Kier alpha value is -1.47. The second kappa shape index (κ2) is 6.46. The van der Waals surface area contributed by atoms with Gasteiger partial charge in [-0.3, -0.25) is 0 Å². The maximum Gasteiger partial charge on any atom is 0.135 e. The van der Waals surface area contributed by atoms with E-state index in [1.165, 1.54) is 9.13 Å². The molecule has 0 fully saturated rings. The van der Waals surface area contributed by atoms with Gasteiger partial charge in [0.1, 0.15) is 12.4 Å². The Labute approximate surface area is 121 Å². The summed E-state index contributed by atoms with van der Waals surface area (Å²) in [7, 11) is 0. The van der Waals surface area contributed by atoms with Crippen LogP contribution < -0.4 is 4.74 Å². The predicted octanol–water partition coefficient (Wildman–Crippen LogP) is 4.24. The minimum Gasteiger partial charge on any atom is -0.488 e. The van der Waals surface area contributed by atoms with Gasteiger partial charge in [0.15, 0.2) is 0 Å². The first kappa shape index (κ1) is 13.0. The molecule has 0 saturated carbocycles. The second-order valence-electron chi connectivity index (χ2n) is 3.75. The molecule has 0 aliphatic carbocycles. The molecule has 2 aromatic rings. The van der Waals surface area contributed by atoms with E-state index in [1.807, 2.05) is 43.3 Å². The van der Waals surface area contributed by atoms with Crippen molar-refractivity contribution in [2.24, 2.45) is 0 Å². The van der Waals surface area contributed by atoms with Crippen LogP contribution in [-0.2, 0) is 6.61 Å². The maximum absolute atomic E-state index is 5.85. The lowest BCUT2D eigenvalue weighted by Gasteiger charge is -2.09. The first-order valence-electron chi connectivity index (χ1n) is 5.69. The summed E-state index contributed by atoms with van der Waals surface area (Å²) in [6.45, 7) is 2.40. The number of benzene rings is 2. The molecule has 0 aliphatic rings. The van der Waals surface area contributed by atoms with Gasteiger partial charge < -0.3 is 4.74 Å². The summed E-state index contributed by atoms with van der Waals surface area (Å²) in [6.07, 6.45) is 0. The van der Waals surface area contributed by atoms with Crippen LogP contribution in [0.25, 0.3) is 0 Å². The van der Waals surface area contributed by atoms with E-state index < -0.39 is 0 Å². The van der Waals surface area contributed by atoms with Crippen LogP contribution in [0, 0.1) is 15.4 Å². The van der Waals surface area contributed by atoms with E-state index in [2.05, 4.69) is 46.6 Å². The number of halogens is 1. The highest BCUT2D eigenvalue weighted by atomic mass is 127. The third-order valence-corrected chi connectivity index (χ3v) is 3.54. The van der Waals surface area contributed by atoms with Gasteiger partial charge in [-0.25, -0.2) is 0 Å². The topological polar surface area (TPSA) is 9.23 Å². The highest BCUT2D eigenvalue weighted by molar-refractivity contribution is 14.1. The fourth-order valence-electron chi connectivity index (χ4n) is 1.60. The van der Waals surface area contributed by atoms with Crippen LogP contribution in [0.15, 0.2) is 48.5 Å². The van der Waals surface area contributed by atoms with Gasteiger partial charge >= 0.3 is 0 Å². The Kier molecular flexibility index (Phi) is 4.66. The van der Waals surface area contributed by atoms with Gasteiger partial charge in [-0.15, -0.1) is 5.92 Å². The van der Waals surface area contributed by atoms with Gasteiger partial charge in [-0.1, -0.05) is 36.3 Å². The molecule has 0 amide bonds. The lowest BCUT2D eigenvalue weighted by Crippen LogP contribution is -1.99. The zero-order valence-electron chi connectivity index (χ0n) is 10.1. The maximum atomic E-state index is 5.85. The van der Waals surface area contributed by atoms with Crippen molar-refractivity contribution in [3.63, 3.8) is 0 Å². The van der Waals surface area contributed by atoms with Crippen LogP contribution in [0.2, 0.25) is 0 Å². The molecule has 0 radical (unpaired) electrons. The van der Waals surface area contributed by atoms with E-state index in [9.17, 15) is 0 Å². The van der Waals surface area contributed by atoms with Gasteiger partial charge in [-0.2, -0.15) is 0 Å². The Balaban J connectivity index is 2.15. The molecule has 0 N–H and O–H groups in total. The van der Waals surface area contributed by atoms with Gasteiger partial charge in [-0.05, 0) is 47.7 Å². The molecule has 0 bridgehead atoms. The van der Waals surface area contributed by atoms with Crippen molar-refractivity contribution in [2.45, 2.75) is 13.5 Å². The van der Waals surface area contributed by atoms with Crippen molar-refractivity contribution in [2.75, 3.05) is 0 Å². The molecule has 0 atom stereocenters. The van der Waals surface area contributed by atoms with Gasteiger partial charge in [0.05, 0.1) is 5.56 Å². The fraction of sp³-hybridized carbons (Fsp3) is 0.125. The minimum atomic E-state index is 0.571. The van der Waals surface area contributed by atoms with Gasteiger partial charge in [0.2, 0.25) is 0 Å². The Morgan fingerprint density at radius 2 is 1.78 bits per heavy atom. The summed E-state index contributed by atoms with van der Waals surface area (Å²) >= 11 is 2.32. The minimum absolute atomic E-state index is 0.571. The largest absolute Gasteiger partial charge is 0.488 e. The summed E-state index contributed by atoms with van der Waals surface area (Å²) in [5, 5.41) is 0. The Bertz CT molecular complexity index is 593. The smallest absolute Gasteiger partial charge is 0.135 e. The van der Waals surface area contributed by atoms with Crippen LogP contribution in [-0.4, -0.2) is 0 Å². The first-order chi connectivity index (χ1) is 8.81. The summed E-state index contributed by atoms with van der Waals surface area (Å²) in [6, 6.07) is 16.1. The normalized spacial score (nSPS) is 9.44. The zero-order valence-corrected chi connectivity index (χ0v) is 12.3. The summed E-state index contributed by atoms with van der Waals surface area (Å²) in [4.78, 5) is 0. The number of hydrogen-bond donors (Lipinski definition) is 0. The number of rotatable bonds is 3. The standard InChI is InChI=1S/C16H13IO/c1-2-7-13-8-4-6-11-16(13)18-12-14-9-3-5-10-15(14)17/h3-6,8-11H,12H2,1H3. The molecule has 90 valence electrons. The third kappa shape index (κ3) is 3.27. The predicted molar refractivity (Wildman–Crippen MR) is 82.5 cm³/mol. The van der Waals surface area contributed by atoms with Crippen LogP contribution in [0.3, 0.4) is 0 Å². The van der Waals surface area contributed by atoms with Crippen molar-refractivity contribution in [3.8, 4) is 17.6 Å². The average molecular weight is 348 g/mol. The second-order valence-corrected chi connectivity index (χ2v) is 4.91. The molecule has 0 spiro atoms. The number of para-hydroxylation sites is 1. The summed E-state index contributed by atoms with van der Waals surface area (Å²) < 4.78 is 7.07. The summed E-state index contributed by atoms with van der Waals surface area (Å²) in [5.74, 6) is 6.79. The monoisotopic (exact) mass is 348 g/mol. The number of hydrogen-bond acceptors (Lipinski definition) is 1. The fourth-order valence-corrected chi connectivity index (χ4v) is 2.14. The van der Waals surface area contributed by atoms with Crippen molar-refractivity contribution in [1.82, 2.24) is 0 Å². The van der Waals surface area contributed by atoms with Crippen LogP contribution in [0.5, 0.6) is 5.75 Å². The Morgan fingerprint density at radius 1 is 1.06 bits per heavy atom. The molecule has 2 rings (SSSR count). The highest BCUT2D eigenvalue weighted by Gasteiger charge is 2.02. The molecule has 0 aromatic heterocycles. The van der Waals surface area contributed by atoms with Crippen molar-refractivity contribution in [3.05, 3.63) is 63.2 Å².